The van der Waals surface area contributed by atoms with E-state index >= 15 is 0 Å². The molecule has 0 unspecified atom stereocenters. The van der Waals surface area contributed by atoms with E-state index in [1.807, 2.05) is 12.1 Å². The van der Waals surface area contributed by atoms with Gasteiger partial charge in [0.1, 0.15) is 10.4 Å². The Hall–Kier alpha value is -1.10. The summed E-state index contributed by atoms with van der Waals surface area (Å²) in [5.41, 5.74) is 0.859. The van der Waals surface area contributed by atoms with Crippen molar-refractivity contribution >= 4 is 27.4 Å². The number of nitrogens with zero attached hydrogens (tertiary/aromatic N) is 4. The van der Waals surface area contributed by atoms with Crippen LogP contribution in [0.15, 0.2) is 22.9 Å². The van der Waals surface area contributed by atoms with Gasteiger partial charge in [-0.05, 0) is 41.9 Å². The van der Waals surface area contributed by atoms with Crippen LogP contribution in [0.5, 0.6) is 0 Å². The minimum atomic E-state index is 0.859. The Morgan fingerprint density at radius 3 is 2.73 bits per heavy atom. The quantitative estimate of drug-likeness (QED) is 0.857. The molecule has 0 fully saturated rings. The van der Waals surface area contributed by atoms with Gasteiger partial charge in [-0.25, -0.2) is 9.50 Å². The fraction of sp³-hybridized carbons (Fsp3) is 0.400. The number of anilines is 1. The summed E-state index contributed by atoms with van der Waals surface area (Å²) in [4.78, 5) is 6.41. The van der Waals surface area contributed by atoms with Crippen molar-refractivity contribution < 1.29 is 0 Å². The molecule has 4 nitrogen and oxygen atoms in total. The van der Waals surface area contributed by atoms with Crippen LogP contribution in [-0.2, 0) is 0 Å². The molecule has 0 atom stereocenters. The van der Waals surface area contributed by atoms with Gasteiger partial charge in [-0.15, -0.1) is 5.10 Å². The molecule has 0 aliphatic rings. The second-order valence-electron chi connectivity index (χ2n) is 3.21. The Morgan fingerprint density at radius 2 is 2.07 bits per heavy atom. The van der Waals surface area contributed by atoms with Crippen LogP contribution in [0.1, 0.15) is 13.8 Å². The van der Waals surface area contributed by atoms with Crippen LogP contribution in [0.3, 0.4) is 0 Å². The summed E-state index contributed by atoms with van der Waals surface area (Å²) in [5.74, 6) is 0.978. The molecule has 0 amide bonds. The average Bonchev–Trinajstić information content (AvgIpc) is 2.62. The van der Waals surface area contributed by atoms with Crippen LogP contribution >= 0.6 is 15.9 Å². The molecule has 0 saturated heterocycles. The Labute approximate surface area is 97.0 Å². The third kappa shape index (κ3) is 1.84. The second-order valence-corrected chi connectivity index (χ2v) is 4.03. The van der Waals surface area contributed by atoms with Crippen molar-refractivity contribution in [2.45, 2.75) is 13.8 Å². The van der Waals surface area contributed by atoms with Crippen LogP contribution in [0, 0.1) is 0 Å². The molecule has 0 aromatic carbocycles. The normalized spacial score (nSPS) is 10.9. The standard InChI is InChI=1S/C10H13BrN4/c1-3-14(4-2)10-6-5-9-12-7-8(11)15(9)13-10/h5-7H,3-4H2,1-2H3. The topological polar surface area (TPSA) is 33.4 Å². The number of imidazole rings is 1. The fourth-order valence-electron chi connectivity index (χ4n) is 1.55. The smallest absolute Gasteiger partial charge is 0.154 e. The first-order chi connectivity index (χ1) is 7.26. The predicted molar refractivity (Wildman–Crippen MR) is 64.2 cm³/mol. The molecular formula is C10H13BrN4. The summed E-state index contributed by atoms with van der Waals surface area (Å²) < 4.78 is 2.68. The van der Waals surface area contributed by atoms with E-state index in [-0.39, 0.29) is 0 Å². The van der Waals surface area contributed by atoms with Crippen LogP contribution < -0.4 is 4.90 Å². The molecule has 0 N–H and O–H groups in total. The van der Waals surface area contributed by atoms with Gasteiger partial charge >= 0.3 is 0 Å². The van der Waals surface area contributed by atoms with Crippen molar-refractivity contribution in [1.82, 2.24) is 14.6 Å². The number of aromatic nitrogens is 3. The van der Waals surface area contributed by atoms with E-state index in [0.29, 0.717) is 0 Å². The monoisotopic (exact) mass is 268 g/mol. The summed E-state index contributed by atoms with van der Waals surface area (Å²) in [6.07, 6.45) is 1.76. The Balaban J connectivity index is 2.49. The van der Waals surface area contributed by atoms with Gasteiger partial charge in [0.25, 0.3) is 0 Å². The zero-order valence-electron chi connectivity index (χ0n) is 8.81. The van der Waals surface area contributed by atoms with Gasteiger partial charge in [0, 0.05) is 13.1 Å². The zero-order valence-corrected chi connectivity index (χ0v) is 10.4. The lowest BCUT2D eigenvalue weighted by molar-refractivity contribution is 0.803. The Bertz CT molecular complexity index is 461. The molecule has 0 spiro atoms. The van der Waals surface area contributed by atoms with E-state index in [9.17, 15) is 0 Å². The molecule has 80 valence electrons. The molecule has 0 aliphatic carbocycles. The van der Waals surface area contributed by atoms with Crippen LogP contribution in [0.4, 0.5) is 5.82 Å². The molecular weight excluding hydrogens is 256 g/mol. The molecule has 0 bridgehead atoms. The molecule has 0 radical (unpaired) electrons. The van der Waals surface area contributed by atoms with Crippen molar-refractivity contribution in [3.05, 3.63) is 22.9 Å². The summed E-state index contributed by atoms with van der Waals surface area (Å²) >= 11 is 3.41. The summed E-state index contributed by atoms with van der Waals surface area (Å²) in [6, 6.07) is 3.98. The maximum absolute atomic E-state index is 4.51. The van der Waals surface area contributed by atoms with E-state index in [1.165, 1.54) is 0 Å². The largest absolute Gasteiger partial charge is 0.356 e. The summed E-state index contributed by atoms with van der Waals surface area (Å²) in [5, 5.41) is 4.51. The maximum Gasteiger partial charge on any atom is 0.154 e. The van der Waals surface area contributed by atoms with E-state index in [1.54, 1.807) is 10.7 Å². The van der Waals surface area contributed by atoms with Gasteiger partial charge in [-0.3, -0.25) is 0 Å². The van der Waals surface area contributed by atoms with E-state index in [2.05, 4.69) is 44.8 Å². The van der Waals surface area contributed by atoms with Crippen molar-refractivity contribution in [2.75, 3.05) is 18.0 Å². The highest BCUT2D eigenvalue weighted by Gasteiger charge is 2.06. The Morgan fingerprint density at radius 1 is 1.33 bits per heavy atom. The highest BCUT2D eigenvalue weighted by atomic mass is 79.9. The van der Waals surface area contributed by atoms with Gasteiger partial charge in [0.2, 0.25) is 0 Å². The fourth-order valence-corrected chi connectivity index (χ4v) is 1.92. The lowest BCUT2D eigenvalue weighted by Crippen LogP contribution is -2.23. The highest BCUT2D eigenvalue weighted by molar-refractivity contribution is 9.10. The van der Waals surface area contributed by atoms with Gasteiger partial charge in [0.05, 0.1) is 6.20 Å². The molecule has 2 rings (SSSR count). The van der Waals surface area contributed by atoms with Crippen molar-refractivity contribution in [1.29, 1.82) is 0 Å². The third-order valence-corrected chi connectivity index (χ3v) is 2.93. The summed E-state index contributed by atoms with van der Waals surface area (Å²) in [7, 11) is 0. The first-order valence-electron chi connectivity index (χ1n) is 5.01. The number of rotatable bonds is 3. The highest BCUT2D eigenvalue weighted by Crippen LogP contribution is 2.15. The molecule has 2 aromatic heterocycles. The van der Waals surface area contributed by atoms with Gasteiger partial charge in [-0.1, -0.05) is 0 Å². The van der Waals surface area contributed by atoms with E-state index in [0.717, 1.165) is 29.2 Å². The lowest BCUT2D eigenvalue weighted by atomic mass is 10.4. The maximum atomic E-state index is 4.51. The Kier molecular flexibility index (Phi) is 2.90. The lowest BCUT2D eigenvalue weighted by Gasteiger charge is -2.19. The molecule has 15 heavy (non-hydrogen) atoms. The van der Waals surface area contributed by atoms with Crippen molar-refractivity contribution in [3.8, 4) is 0 Å². The first-order valence-corrected chi connectivity index (χ1v) is 5.80. The molecule has 2 heterocycles. The van der Waals surface area contributed by atoms with Crippen LogP contribution in [-0.4, -0.2) is 27.7 Å². The SMILES string of the molecule is CCN(CC)c1ccc2ncc(Br)n2n1. The van der Waals surface area contributed by atoms with E-state index < -0.39 is 0 Å². The zero-order chi connectivity index (χ0) is 10.8. The number of halogens is 1. The molecule has 0 aliphatic heterocycles. The van der Waals surface area contributed by atoms with Crippen LogP contribution in [0.2, 0.25) is 0 Å². The number of hydrogen-bond donors (Lipinski definition) is 0. The van der Waals surface area contributed by atoms with Crippen molar-refractivity contribution in [3.63, 3.8) is 0 Å². The van der Waals surface area contributed by atoms with Crippen LogP contribution in [0.25, 0.3) is 5.65 Å². The van der Waals surface area contributed by atoms with Gasteiger partial charge < -0.3 is 4.90 Å². The third-order valence-electron chi connectivity index (χ3n) is 2.39. The number of hydrogen-bond acceptors (Lipinski definition) is 3. The minimum Gasteiger partial charge on any atom is -0.356 e. The first kappa shape index (κ1) is 10.4. The number of fused-ring (bicyclic) bond motifs is 1. The van der Waals surface area contributed by atoms with Crippen molar-refractivity contribution in [2.24, 2.45) is 0 Å². The second kappa shape index (κ2) is 4.18. The molecule has 5 heteroatoms. The average molecular weight is 269 g/mol. The molecule has 2 aromatic rings. The van der Waals surface area contributed by atoms with Gasteiger partial charge in [0.15, 0.2) is 5.65 Å². The molecule has 0 saturated carbocycles. The van der Waals surface area contributed by atoms with E-state index in [4.69, 9.17) is 0 Å². The minimum absolute atomic E-state index is 0.859. The van der Waals surface area contributed by atoms with Gasteiger partial charge in [-0.2, -0.15) is 0 Å². The predicted octanol–water partition coefficient (Wildman–Crippen LogP) is 2.34. The summed E-state index contributed by atoms with van der Waals surface area (Å²) in [6.45, 7) is 6.17.